The number of nitrogens with zero attached hydrogens (tertiary/aromatic N) is 2. The Morgan fingerprint density at radius 1 is 1.20 bits per heavy atom. The molecular weight excluding hydrogens is 258 g/mol. The van der Waals surface area contributed by atoms with Crippen molar-refractivity contribution in [2.75, 3.05) is 20.1 Å². The zero-order chi connectivity index (χ0) is 14.9. The average Bonchev–Trinajstić information content (AvgIpc) is 2.59. The molecule has 6 heteroatoms. The molecule has 20 heavy (non-hydrogen) atoms. The zero-order valence-electron chi connectivity index (χ0n) is 12.5. The van der Waals surface area contributed by atoms with Crippen molar-refractivity contribution in [3.8, 4) is 0 Å². The fourth-order valence-corrected chi connectivity index (χ4v) is 3.23. The molecule has 0 aromatic heterocycles. The molecule has 2 aliphatic rings. The van der Waals surface area contributed by atoms with Gasteiger partial charge >= 0.3 is 12.0 Å². The van der Waals surface area contributed by atoms with E-state index in [4.69, 9.17) is 5.11 Å². The van der Waals surface area contributed by atoms with Gasteiger partial charge in [-0.2, -0.15) is 0 Å². The van der Waals surface area contributed by atoms with Crippen LogP contribution in [0, 0.1) is 5.92 Å². The first-order valence-electron chi connectivity index (χ1n) is 7.40. The van der Waals surface area contributed by atoms with Gasteiger partial charge in [-0.25, -0.2) is 9.59 Å². The number of aliphatic carboxylic acids is 1. The lowest BCUT2D eigenvalue weighted by Gasteiger charge is -2.28. The molecule has 0 radical (unpaired) electrons. The predicted octanol–water partition coefficient (Wildman–Crippen LogP) is 0.974. The van der Waals surface area contributed by atoms with Crippen molar-refractivity contribution in [2.45, 2.75) is 51.2 Å². The summed E-state index contributed by atoms with van der Waals surface area (Å²) in [6.07, 6.45) is 3.30. The van der Waals surface area contributed by atoms with Crippen LogP contribution >= 0.6 is 0 Å². The molecule has 0 aromatic carbocycles. The number of carboxylic acid groups (broad SMARTS) is 1. The molecule has 6 nitrogen and oxygen atoms in total. The first kappa shape index (κ1) is 15.1. The van der Waals surface area contributed by atoms with Gasteiger partial charge in [-0.1, -0.05) is 13.8 Å². The van der Waals surface area contributed by atoms with Crippen LogP contribution in [0.25, 0.3) is 0 Å². The summed E-state index contributed by atoms with van der Waals surface area (Å²) in [4.78, 5) is 27.6. The third kappa shape index (κ3) is 3.06. The Morgan fingerprint density at radius 2 is 1.85 bits per heavy atom. The topological polar surface area (TPSA) is 72.9 Å². The highest BCUT2D eigenvalue weighted by atomic mass is 16.4. The van der Waals surface area contributed by atoms with Gasteiger partial charge in [0.05, 0.1) is 0 Å². The normalized spacial score (nSPS) is 28.3. The van der Waals surface area contributed by atoms with Gasteiger partial charge in [-0.05, 0) is 32.2 Å². The Morgan fingerprint density at radius 3 is 2.45 bits per heavy atom. The number of rotatable bonds is 3. The number of hydrogen-bond acceptors (Lipinski definition) is 3. The van der Waals surface area contributed by atoms with E-state index in [0.29, 0.717) is 25.2 Å². The van der Waals surface area contributed by atoms with Gasteiger partial charge in [0.25, 0.3) is 0 Å². The van der Waals surface area contributed by atoms with Crippen molar-refractivity contribution >= 4 is 12.0 Å². The second-order valence-electron chi connectivity index (χ2n) is 6.29. The van der Waals surface area contributed by atoms with Crippen LogP contribution in [0.3, 0.4) is 0 Å². The van der Waals surface area contributed by atoms with Crippen molar-refractivity contribution in [1.82, 2.24) is 15.1 Å². The molecule has 0 spiro atoms. The van der Waals surface area contributed by atoms with Crippen LogP contribution in [0.15, 0.2) is 0 Å². The van der Waals surface area contributed by atoms with Crippen LogP contribution in [0.5, 0.6) is 0 Å². The smallest absolute Gasteiger partial charge is 0.326 e. The molecule has 2 bridgehead atoms. The molecule has 0 aliphatic carbocycles. The summed E-state index contributed by atoms with van der Waals surface area (Å²) in [7, 11) is 2.12. The molecule has 2 N–H and O–H groups in total. The van der Waals surface area contributed by atoms with Gasteiger partial charge in [0.1, 0.15) is 6.04 Å². The summed E-state index contributed by atoms with van der Waals surface area (Å²) in [5.41, 5.74) is 0. The first-order chi connectivity index (χ1) is 9.40. The van der Waals surface area contributed by atoms with Crippen molar-refractivity contribution < 1.29 is 14.7 Å². The van der Waals surface area contributed by atoms with E-state index in [0.717, 1.165) is 12.8 Å². The summed E-state index contributed by atoms with van der Waals surface area (Å²) in [6.45, 7) is 5.01. The lowest BCUT2D eigenvalue weighted by Crippen LogP contribution is -2.51. The Balaban J connectivity index is 1.97. The highest BCUT2D eigenvalue weighted by molar-refractivity contribution is 5.82. The van der Waals surface area contributed by atoms with E-state index in [9.17, 15) is 9.59 Å². The molecule has 2 unspecified atom stereocenters. The lowest BCUT2D eigenvalue weighted by molar-refractivity contribution is -0.140. The molecule has 2 heterocycles. The van der Waals surface area contributed by atoms with E-state index in [2.05, 4.69) is 17.3 Å². The highest BCUT2D eigenvalue weighted by Crippen LogP contribution is 2.28. The maximum atomic E-state index is 12.3. The molecule has 3 atom stereocenters. The maximum Gasteiger partial charge on any atom is 0.326 e. The number of amides is 2. The number of likely N-dealkylation sites (tertiary alicyclic amines) is 1. The van der Waals surface area contributed by atoms with Gasteiger partial charge < -0.3 is 15.3 Å². The number of carbonyl (C=O) groups is 2. The van der Waals surface area contributed by atoms with Gasteiger partial charge in [-0.15, -0.1) is 0 Å². The van der Waals surface area contributed by atoms with E-state index < -0.39 is 12.0 Å². The molecule has 114 valence electrons. The van der Waals surface area contributed by atoms with Gasteiger partial charge in [-0.3, -0.25) is 4.90 Å². The third-order valence-electron chi connectivity index (χ3n) is 4.65. The number of carbonyl (C=O) groups excluding carboxylic acids is 1. The summed E-state index contributed by atoms with van der Waals surface area (Å²) in [5.74, 6) is -1.09. The lowest BCUT2D eigenvalue weighted by atomic mass is 10.1. The minimum absolute atomic E-state index is 0.123. The predicted molar refractivity (Wildman–Crippen MR) is 75.6 cm³/mol. The van der Waals surface area contributed by atoms with E-state index in [1.165, 1.54) is 6.42 Å². The van der Waals surface area contributed by atoms with Crippen molar-refractivity contribution in [3.05, 3.63) is 0 Å². The van der Waals surface area contributed by atoms with Crippen molar-refractivity contribution in [2.24, 2.45) is 5.92 Å². The summed E-state index contributed by atoms with van der Waals surface area (Å²) >= 11 is 0. The second kappa shape index (κ2) is 5.99. The van der Waals surface area contributed by atoms with Gasteiger partial charge in [0.15, 0.2) is 0 Å². The number of likely N-dealkylation sites (N-methyl/N-ethyl adjacent to an activating group) is 1. The fraction of sp³-hybridized carbons (Fsp3) is 0.857. The number of hydrogen-bond donors (Lipinski definition) is 2. The van der Waals surface area contributed by atoms with Crippen LogP contribution in [0.4, 0.5) is 4.79 Å². The van der Waals surface area contributed by atoms with Gasteiger partial charge in [0, 0.05) is 25.2 Å². The van der Waals surface area contributed by atoms with Crippen LogP contribution in [0.1, 0.15) is 33.1 Å². The minimum Gasteiger partial charge on any atom is -0.480 e. The SMILES string of the molecule is CC(C)[C@H](NC(=O)N1CCC2CCC(C1)N2C)C(=O)O. The Labute approximate surface area is 120 Å². The van der Waals surface area contributed by atoms with E-state index in [-0.39, 0.29) is 11.9 Å². The molecular formula is C14H25N3O3. The Bertz CT molecular complexity index is 386. The van der Waals surface area contributed by atoms with Crippen LogP contribution in [-0.4, -0.2) is 65.2 Å². The quantitative estimate of drug-likeness (QED) is 0.809. The standard InChI is InChI=1S/C14H25N3O3/c1-9(2)12(13(18)19)15-14(20)17-7-6-10-4-5-11(8-17)16(10)3/h9-12H,4-8H2,1-3H3,(H,15,20)(H,18,19)/t10?,11?,12-/m0/s1. The number of urea groups is 1. The minimum atomic E-state index is -0.971. The number of fused-ring (bicyclic) bond motifs is 2. The maximum absolute atomic E-state index is 12.3. The van der Waals surface area contributed by atoms with E-state index in [1.54, 1.807) is 18.7 Å². The Hall–Kier alpha value is -1.30. The molecule has 2 fully saturated rings. The Kier molecular flexibility index (Phi) is 4.52. The number of carboxylic acids is 1. The number of nitrogens with one attached hydrogen (secondary N) is 1. The molecule has 2 aliphatic heterocycles. The largest absolute Gasteiger partial charge is 0.480 e. The molecule has 0 aromatic rings. The molecule has 2 saturated heterocycles. The molecule has 2 rings (SSSR count). The van der Waals surface area contributed by atoms with Crippen LogP contribution in [-0.2, 0) is 4.79 Å². The van der Waals surface area contributed by atoms with Crippen LogP contribution in [0.2, 0.25) is 0 Å². The first-order valence-corrected chi connectivity index (χ1v) is 7.40. The van der Waals surface area contributed by atoms with E-state index >= 15 is 0 Å². The highest BCUT2D eigenvalue weighted by Gasteiger charge is 2.36. The van der Waals surface area contributed by atoms with E-state index in [1.807, 2.05) is 0 Å². The van der Waals surface area contributed by atoms with Crippen molar-refractivity contribution in [1.29, 1.82) is 0 Å². The molecule has 2 amide bonds. The monoisotopic (exact) mass is 283 g/mol. The average molecular weight is 283 g/mol. The zero-order valence-corrected chi connectivity index (χ0v) is 12.5. The second-order valence-corrected chi connectivity index (χ2v) is 6.29. The van der Waals surface area contributed by atoms with Crippen molar-refractivity contribution in [3.63, 3.8) is 0 Å². The fourth-order valence-electron chi connectivity index (χ4n) is 3.23. The van der Waals surface area contributed by atoms with Crippen LogP contribution < -0.4 is 5.32 Å². The van der Waals surface area contributed by atoms with Gasteiger partial charge in [0.2, 0.25) is 0 Å². The summed E-state index contributed by atoms with van der Waals surface area (Å²) in [6, 6.07) is -0.0820. The third-order valence-corrected chi connectivity index (χ3v) is 4.65. The molecule has 0 saturated carbocycles. The summed E-state index contributed by atoms with van der Waals surface area (Å²) < 4.78 is 0. The summed E-state index contributed by atoms with van der Waals surface area (Å²) in [5, 5.41) is 11.8.